The number of benzene rings is 1. The smallest absolute Gasteiger partial charge is 0.339 e. The summed E-state index contributed by atoms with van der Waals surface area (Å²) in [7, 11) is 0. The number of rotatable bonds is 5. The lowest BCUT2D eigenvalue weighted by molar-refractivity contribution is -0.118. The lowest BCUT2D eigenvalue weighted by Crippen LogP contribution is -2.21. The van der Waals surface area contributed by atoms with Crippen molar-refractivity contribution in [3.8, 4) is 5.75 Å². The van der Waals surface area contributed by atoms with Crippen LogP contribution in [0.25, 0.3) is 0 Å². The maximum Gasteiger partial charge on any atom is 0.339 e. The molecule has 0 aliphatic carbocycles. The number of nitrogens with one attached hydrogen (secondary N) is 1. The van der Waals surface area contributed by atoms with Gasteiger partial charge in [0.15, 0.2) is 12.4 Å². The number of nitrogens with zero attached hydrogens (tertiary/aromatic N) is 1. The number of amides is 1. The molecule has 0 aliphatic heterocycles. The molecule has 0 fully saturated rings. The van der Waals surface area contributed by atoms with Gasteiger partial charge in [-0.2, -0.15) is 0 Å². The summed E-state index contributed by atoms with van der Waals surface area (Å²) in [6, 6.07) is 8.65. The molecule has 0 aliphatic rings. The van der Waals surface area contributed by atoms with Gasteiger partial charge >= 0.3 is 5.97 Å². The van der Waals surface area contributed by atoms with Gasteiger partial charge < -0.3 is 15.2 Å². The highest BCUT2D eigenvalue weighted by molar-refractivity contribution is 5.93. The molecule has 6 nitrogen and oxygen atoms in total. The van der Waals surface area contributed by atoms with E-state index in [1.165, 1.54) is 18.5 Å². The van der Waals surface area contributed by atoms with Gasteiger partial charge in [0.1, 0.15) is 5.56 Å². The van der Waals surface area contributed by atoms with Crippen LogP contribution < -0.4 is 10.1 Å². The number of aromatic carboxylic acids is 1. The number of carboxylic acids is 1. The second-order valence-corrected chi connectivity index (χ2v) is 4.38. The van der Waals surface area contributed by atoms with Crippen LogP contribution >= 0.6 is 0 Å². The number of anilines is 1. The standard InChI is InChI=1S/C15H14N2O4/c1-10-3-2-4-11(7-10)17-14(18)9-21-13-8-16-6-5-12(13)15(19)20/h2-8H,9H2,1H3,(H,17,18)(H,19,20). The van der Waals surface area contributed by atoms with Gasteiger partial charge in [0, 0.05) is 11.9 Å². The zero-order valence-electron chi connectivity index (χ0n) is 11.4. The Morgan fingerprint density at radius 3 is 2.86 bits per heavy atom. The average molecular weight is 286 g/mol. The molecule has 6 heteroatoms. The van der Waals surface area contributed by atoms with Crippen LogP contribution in [0, 0.1) is 6.92 Å². The van der Waals surface area contributed by atoms with Crippen molar-refractivity contribution in [2.24, 2.45) is 0 Å². The van der Waals surface area contributed by atoms with E-state index >= 15 is 0 Å². The molecule has 2 aromatic rings. The number of carboxylic acid groups (broad SMARTS) is 1. The maximum atomic E-state index is 11.8. The maximum absolute atomic E-state index is 11.8. The van der Waals surface area contributed by atoms with Gasteiger partial charge in [0.05, 0.1) is 6.20 Å². The van der Waals surface area contributed by atoms with Crippen LogP contribution in [0.15, 0.2) is 42.7 Å². The molecule has 0 bridgehead atoms. The van der Waals surface area contributed by atoms with Crippen molar-refractivity contribution >= 4 is 17.6 Å². The minimum atomic E-state index is -1.13. The SMILES string of the molecule is Cc1cccc(NC(=O)COc2cnccc2C(=O)O)c1. The summed E-state index contributed by atoms with van der Waals surface area (Å²) >= 11 is 0. The fourth-order valence-corrected chi connectivity index (χ4v) is 1.73. The van der Waals surface area contributed by atoms with Gasteiger partial charge in [0.25, 0.3) is 5.91 Å². The monoisotopic (exact) mass is 286 g/mol. The first kappa shape index (κ1) is 14.5. The number of carbonyl (C=O) groups is 2. The van der Waals surface area contributed by atoms with E-state index in [2.05, 4.69) is 10.3 Å². The molecule has 0 saturated heterocycles. The quantitative estimate of drug-likeness (QED) is 0.878. The lowest BCUT2D eigenvalue weighted by Gasteiger charge is -2.09. The number of hydrogen-bond donors (Lipinski definition) is 2. The molecule has 1 aromatic heterocycles. The largest absolute Gasteiger partial charge is 0.481 e. The minimum absolute atomic E-state index is 0.0339. The van der Waals surface area contributed by atoms with E-state index in [1.54, 1.807) is 6.07 Å². The summed E-state index contributed by atoms with van der Waals surface area (Å²) in [5, 5.41) is 11.7. The first-order valence-corrected chi connectivity index (χ1v) is 6.23. The third-order valence-electron chi connectivity index (χ3n) is 2.68. The highest BCUT2D eigenvalue weighted by Crippen LogP contribution is 2.16. The van der Waals surface area contributed by atoms with Gasteiger partial charge in [-0.15, -0.1) is 0 Å². The van der Waals surface area contributed by atoms with Crippen molar-refractivity contribution in [3.63, 3.8) is 0 Å². The summed E-state index contributed by atoms with van der Waals surface area (Å²) in [5.74, 6) is -1.45. The fraction of sp³-hybridized carbons (Fsp3) is 0.133. The lowest BCUT2D eigenvalue weighted by atomic mass is 10.2. The molecule has 0 saturated carbocycles. The molecule has 2 N–H and O–H groups in total. The summed E-state index contributed by atoms with van der Waals surface area (Å²) < 4.78 is 5.21. The Bertz CT molecular complexity index is 670. The molecule has 21 heavy (non-hydrogen) atoms. The van der Waals surface area contributed by atoms with Crippen LogP contribution in [0.2, 0.25) is 0 Å². The van der Waals surface area contributed by atoms with E-state index in [1.807, 2.05) is 25.1 Å². The van der Waals surface area contributed by atoms with E-state index < -0.39 is 5.97 Å². The van der Waals surface area contributed by atoms with Crippen molar-refractivity contribution < 1.29 is 19.4 Å². The molecule has 108 valence electrons. The Morgan fingerprint density at radius 1 is 1.33 bits per heavy atom. The third-order valence-corrected chi connectivity index (χ3v) is 2.68. The number of pyridine rings is 1. The third kappa shape index (κ3) is 4.04. The number of hydrogen-bond acceptors (Lipinski definition) is 4. The molecule has 1 amide bonds. The predicted molar refractivity (Wildman–Crippen MR) is 76.5 cm³/mol. The van der Waals surface area contributed by atoms with Crippen LogP contribution in [0.3, 0.4) is 0 Å². The summed E-state index contributed by atoms with van der Waals surface area (Å²) in [5.41, 5.74) is 1.65. The molecule has 1 aromatic carbocycles. The van der Waals surface area contributed by atoms with Crippen molar-refractivity contribution in [1.29, 1.82) is 0 Å². The van der Waals surface area contributed by atoms with Gasteiger partial charge in [-0.05, 0) is 30.7 Å². The Labute approximate surface area is 121 Å². The molecule has 0 spiro atoms. The van der Waals surface area contributed by atoms with Crippen LogP contribution in [-0.4, -0.2) is 28.6 Å². The molecule has 1 heterocycles. The van der Waals surface area contributed by atoms with Crippen LogP contribution in [0.4, 0.5) is 5.69 Å². The highest BCUT2D eigenvalue weighted by atomic mass is 16.5. The summed E-state index contributed by atoms with van der Waals surface area (Å²) in [4.78, 5) is 26.5. The van der Waals surface area contributed by atoms with Gasteiger partial charge in [-0.25, -0.2) is 4.79 Å². The average Bonchev–Trinajstić information content (AvgIpc) is 2.45. The Morgan fingerprint density at radius 2 is 2.14 bits per heavy atom. The molecule has 0 atom stereocenters. The van der Waals surface area contributed by atoms with Crippen LogP contribution in [0.5, 0.6) is 5.75 Å². The second-order valence-electron chi connectivity index (χ2n) is 4.38. The zero-order valence-corrected chi connectivity index (χ0v) is 11.4. The topological polar surface area (TPSA) is 88.5 Å². The summed E-state index contributed by atoms with van der Waals surface area (Å²) in [6.45, 7) is 1.63. The van der Waals surface area contributed by atoms with E-state index in [0.29, 0.717) is 5.69 Å². The number of ether oxygens (including phenoxy) is 1. The summed E-state index contributed by atoms with van der Waals surface area (Å²) in [6.07, 6.45) is 2.62. The Balaban J connectivity index is 1.97. The number of aromatic nitrogens is 1. The van der Waals surface area contributed by atoms with Crippen molar-refractivity contribution in [1.82, 2.24) is 4.98 Å². The molecular formula is C15H14N2O4. The van der Waals surface area contributed by atoms with Crippen molar-refractivity contribution in [2.75, 3.05) is 11.9 Å². The number of carbonyl (C=O) groups excluding carboxylic acids is 1. The molecule has 2 rings (SSSR count). The van der Waals surface area contributed by atoms with Crippen molar-refractivity contribution in [2.45, 2.75) is 6.92 Å². The van der Waals surface area contributed by atoms with Gasteiger partial charge in [-0.1, -0.05) is 12.1 Å². The molecule has 0 unspecified atom stereocenters. The number of aryl methyl sites for hydroxylation is 1. The Hall–Kier alpha value is -2.89. The van der Waals surface area contributed by atoms with Crippen LogP contribution in [0.1, 0.15) is 15.9 Å². The fourth-order valence-electron chi connectivity index (χ4n) is 1.73. The first-order chi connectivity index (χ1) is 10.1. The normalized spacial score (nSPS) is 9.95. The first-order valence-electron chi connectivity index (χ1n) is 6.23. The second kappa shape index (κ2) is 6.51. The van der Waals surface area contributed by atoms with E-state index in [4.69, 9.17) is 9.84 Å². The molecule has 0 radical (unpaired) electrons. The van der Waals surface area contributed by atoms with E-state index in [9.17, 15) is 9.59 Å². The van der Waals surface area contributed by atoms with E-state index in [-0.39, 0.29) is 23.8 Å². The van der Waals surface area contributed by atoms with E-state index in [0.717, 1.165) is 5.56 Å². The Kier molecular flexibility index (Phi) is 4.50. The van der Waals surface area contributed by atoms with Gasteiger partial charge in [0.2, 0.25) is 0 Å². The van der Waals surface area contributed by atoms with Crippen molar-refractivity contribution in [3.05, 3.63) is 53.9 Å². The van der Waals surface area contributed by atoms with Gasteiger partial charge in [-0.3, -0.25) is 9.78 Å². The van der Waals surface area contributed by atoms with Crippen LogP contribution in [-0.2, 0) is 4.79 Å². The molecular weight excluding hydrogens is 272 g/mol. The predicted octanol–water partition coefficient (Wildman–Crippen LogP) is 2.11. The minimum Gasteiger partial charge on any atom is -0.481 e. The zero-order chi connectivity index (χ0) is 15.2. The highest BCUT2D eigenvalue weighted by Gasteiger charge is 2.12.